The van der Waals surface area contributed by atoms with Gasteiger partial charge in [-0.1, -0.05) is 39.3 Å². The molecule has 41 heavy (non-hydrogen) atoms. The molecule has 0 aliphatic heterocycles. The summed E-state index contributed by atoms with van der Waals surface area (Å²) in [6.07, 6.45) is 5.22. The van der Waals surface area contributed by atoms with Gasteiger partial charge in [-0.05, 0) is 81.1 Å². The maximum absolute atomic E-state index is 12.3. The van der Waals surface area contributed by atoms with Crippen molar-refractivity contribution in [3.8, 4) is 0 Å². The van der Waals surface area contributed by atoms with Gasteiger partial charge in [-0.25, -0.2) is 9.78 Å². The van der Waals surface area contributed by atoms with Crippen LogP contribution in [-0.4, -0.2) is 75.2 Å². The first-order chi connectivity index (χ1) is 19.0. The Bertz CT molecular complexity index is 1110. The first-order valence-electron chi connectivity index (χ1n) is 14.9. The van der Waals surface area contributed by atoms with Crippen molar-refractivity contribution in [1.82, 2.24) is 19.9 Å². The number of ether oxygens (including phenoxy) is 3. The molecule has 2 aromatic heterocycles. The predicted molar refractivity (Wildman–Crippen MR) is 180 cm³/mol. The summed E-state index contributed by atoms with van der Waals surface area (Å²) in [4.78, 5) is 19.5. The molecule has 3 rings (SSSR count). The minimum Gasteiger partial charge on any atom is -0.444 e. The minimum atomic E-state index is -1.19. The third-order valence-corrected chi connectivity index (χ3v) is 11.3. The number of aromatic nitrogens is 3. The molecule has 0 unspecified atom stereocenters. The monoisotopic (exact) mass is 717 g/mol. The highest BCUT2D eigenvalue weighted by atomic mass is 127. The summed E-state index contributed by atoms with van der Waals surface area (Å²) in [5.41, 5.74) is 1.43. The molecule has 1 amide bonds. The molecular weight excluding hydrogens is 665 g/mol. The van der Waals surface area contributed by atoms with Crippen LogP contribution in [0.15, 0.2) is 12.3 Å². The number of alkyl carbamates (subject to hydrolysis) is 1. The molecule has 2 aromatic rings. The Kier molecular flexibility index (Phi) is 12.1. The molecule has 0 saturated heterocycles. The number of amides is 1. The largest absolute Gasteiger partial charge is 0.444 e. The van der Waals surface area contributed by atoms with Crippen molar-refractivity contribution in [2.45, 2.75) is 115 Å². The third kappa shape index (κ3) is 11.8. The Morgan fingerprint density at radius 3 is 2.10 bits per heavy atom. The molecule has 1 fully saturated rings. The van der Waals surface area contributed by atoms with E-state index in [1.165, 1.54) is 0 Å². The molecule has 0 radical (unpaired) electrons. The van der Waals surface area contributed by atoms with Crippen LogP contribution in [-0.2, 0) is 14.2 Å². The Morgan fingerprint density at radius 1 is 1.02 bits per heavy atom. The highest BCUT2D eigenvalue weighted by Gasteiger charge is 2.28. The zero-order valence-corrected chi connectivity index (χ0v) is 30.8. The average Bonchev–Trinajstić information content (AvgIpc) is 3.21. The minimum absolute atomic E-state index is 0.121. The Morgan fingerprint density at radius 2 is 1.59 bits per heavy atom. The Labute approximate surface area is 262 Å². The van der Waals surface area contributed by atoms with Crippen molar-refractivity contribution in [2.75, 3.05) is 31.6 Å². The van der Waals surface area contributed by atoms with E-state index in [4.69, 9.17) is 19.2 Å². The molecule has 1 aliphatic rings. The number of carbonyl (C=O) groups excluding carboxylic acids is 1. The van der Waals surface area contributed by atoms with E-state index in [-0.39, 0.29) is 12.1 Å². The lowest BCUT2D eigenvalue weighted by Crippen LogP contribution is -2.40. The topological polar surface area (TPSA) is 90.2 Å². The molecule has 2 heterocycles. The summed E-state index contributed by atoms with van der Waals surface area (Å²) < 4.78 is 20.9. The third-order valence-electron chi connectivity index (χ3n) is 7.11. The SMILES string of the molecule is CC(C)(C)OC(=O)NC1CCC(c2cc(N(COCC[Si](C)(C)C)COCC[Si](C)(C)C)n3ncc(I)c3n2)CC1. The number of anilines is 1. The molecule has 12 heteroatoms. The van der Waals surface area contributed by atoms with E-state index in [0.29, 0.717) is 19.4 Å². The molecule has 0 atom stereocenters. The fraction of sp³-hybridized carbons (Fsp3) is 0.759. The van der Waals surface area contributed by atoms with Crippen LogP contribution in [0.1, 0.15) is 58.1 Å². The van der Waals surface area contributed by atoms with Gasteiger partial charge in [-0.2, -0.15) is 9.61 Å². The fourth-order valence-corrected chi connectivity index (χ4v) is 6.64. The summed E-state index contributed by atoms with van der Waals surface area (Å²) >= 11 is 2.32. The van der Waals surface area contributed by atoms with Gasteiger partial charge in [0.25, 0.3) is 0 Å². The van der Waals surface area contributed by atoms with E-state index in [1.54, 1.807) is 0 Å². The van der Waals surface area contributed by atoms with Crippen LogP contribution in [0.2, 0.25) is 51.4 Å². The molecule has 0 aromatic carbocycles. The molecule has 232 valence electrons. The van der Waals surface area contributed by atoms with E-state index < -0.39 is 21.7 Å². The lowest BCUT2D eigenvalue weighted by atomic mass is 9.84. The number of halogens is 1. The Balaban J connectivity index is 1.77. The van der Waals surface area contributed by atoms with Crippen molar-refractivity contribution < 1.29 is 19.0 Å². The molecular formula is C29H52IN5O4Si2. The quantitative estimate of drug-likeness (QED) is 0.101. The summed E-state index contributed by atoms with van der Waals surface area (Å²) in [5, 5.41) is 7.74. The van der Waals surface area contributed by atoms with Gasteiger partial charge in [0, 0.05) is 53.1 Å². The van der Waals surface area contributed by atoms with E-state index in [9.17, 15) is 4.79 Å². The van der Waals surface area contributed by atoms with E-state index in [2.05, 4.69) is 83.3 Å². The smallest absolute Gasteiger partial charge is 0.407 e. The number of carbonyl (C=O) groups is 1. The summed E-state index contributed by atoms with van der Waals surface area (Å²) in [7, 11) is -2.39. The number of nitrogens with one attached hydrogen (secondary N) is 1. The maximum atomic E-state index is 12.3. The Hall–Kier alpha value is -1.23. The van der Waals surface area contributed by atoms with Gasteiger partial charge in [0.15, 0.2) is 5.65 Å². The molecule has 0 bridgehead atoms. The number of fused-ring (bicyclic) bond motifs is 1. The molecule has 9 nitrogen and oxygen atoms in total. The fourth-order valence-electron chi connectivity index (χ4n) is 4.66. The van der Waals surface area contributed by atoms with Gasteiger partial charge >= 0.3 is 6.09 Å². The number of hydrogen-bond donors (Lipinski definition) is 1. The zero-order valence-electron chi connectivity index (χ0n) is 26.7. The number of rotatable bonds is 13. The second-order valence-electron chi connectivity index (χ2n) is 14.7. The van der Waals surface area contributed by atoms with Crippen LogP contribution < -0.4 is 10.2 Å². The summed E-state index contributed by atoms with van der Waals surface area (Å²) in [6.45, 7) is 22.3. The maximum Gasteiger partial charge on any atom is 0.407 e. The first-order valence-corrected chi connectivity index (χ1v) is 23.4. The van der Waals surface area contributed by atoms with Crippen molar-refractivity contribution in [3.05, 3.63) is 21.5 Å². The van der Waals surface area contributed by atoms with Crippen LogP contribution in [0.25, 0.3) is 5.65 Å². The van der Waals surface area contributed by atoms with Crippen LogP contribution in [0, 0.1) is 3.57 Å². The lowest BCUT2D eigenvalue weighted by Gasteiger charge is -2.31. The highest BCUT2D eigenvalue weighted by Crippen LogP contribution is 2.34. The summed E-state index contributed by atoms with van der Waals surface area (Å²) in [5.74, 6) is 1.26. The second kappa shape index (κ2) is 14.5. The molecule has 1 N–H and O–H groups in total. The highest BCUT2D eigenvalue weighted by molar-refractivity contribution is 14.1. The van der Waals surface area contributed by atoms with Crippen LogP contribution in [0.4, 0.5) is 10.6 Å². The van der Waals surface area contributed by atoms with Gasteiger partial charge in [0.1, 0.15) is 24.9 Å². The van der Waals surface area contributed by atoms with Crippen LogP contribution >= 0.6 is 22.6 Å². The number of hydrogen-bond acceptors (Lipinski definition) is 7. The van der Waals surface area contributed by atoms with Crippen molar-refractivity contribution >= 4 is 56.3 Å². The normalized spacial score (nSPS) is 18.5. The van der Waals surface area contributed by atoms with E-state index in [1.807, 2.05) is 31.5 Å². The van der Waals surface area contributed by atoms with E-state index >= 15 is 0 Å². The lowest BCUT2D eigenvalue weighted by molar-refractivity contribution is 0.0491. The van der Waals surface area contributed by atoms with Crippen molar-refractivity contribution in [1.29, 1.82) is 0 Å². The average molecular weight is 718 g/mol. The molecule has 1 aliphatic carbocycles. The first kappa shape index (κ1) is 34.3. The number of nitrogens with zero attached hydrogens (tertiary/aromatic N) is 4. The predicted octanol–water partition coefficient (Wildman–Crippen LogP) is 7.32. The van der Waals surface area contributed by atoms with Crippen LogP contribution in [0.3, 0.4) is 0 Å². The zero-order chi connectivity index (χ0) is 30.4. The summed E-state index contributed by atoms with van der Waals surface area (Å²) in [6, 6.07) is 4.53. The van der Waals surface area contributed by atoms with Crippen molar-refractivity contribution in [2.24, 2.45) is 0 Å². The van der Waals surface area contributed by atoms with E-state index in [0.717, 1.165) is 71.7 Å². The van der Waals surface area contributed by atoms with Gasteiger partial charge in [-0.15, -0.1) is 0 Å². The van der Waals surface area contributed by atoms with Gasteiger partial charge < -0.3 is 24.4 Å². The van der Waals surface area contributed by atoms with Gasteiger partial charge in [0.05, 0.1) is 9.77 Å². The molecule has 0 spiro atoms. The molecule has 1 saturated carbocycles. The van der Waals surface area contributed by atoms with Gasteiger partial charge in [0.2, 0.25) is 0 Å². The van der Waals surface area contributed by atoms with Gasteiger partial charge in [-0.3, -0.25) is 0 Å². The van der Waals surface area contributed by atoms with Crippen LogP contribution in [0.5, 0.6) is 0 Å². The standard InChI is InChI=1S/C29H52IN5O4Si2/c1-29(2,3)39-28(36)32-23-12-10-22(11-13-23)25-18-26(35-27(33-25)24(30)19-31-35)34(20-37-14-16-40(4,5)6)21-38-15-17-41(7,8)9/h18-19,22-23H,10-17,20-21H2,1-9H3,(H,32,36). The van der Waals surface area contributed by atoms with Crippen molar-refractivity contribution in [3.63, 3.8) is 0 Å². The second-order valence-corrected chi connectivity index (χ2v) is 27.1.